The van der Waals surface area contributed by atoms with Crippen LogP contribution in [-0.2, 0) is 0 Å². The second-order valence-corrected chi connectivity index (χ2v) is 7.57. The molecule has 0 aromatic heterocycles. The molecule has 1 fully saturated rings. The van der Waals surface area contributed by atoms with E-state index in [0.29, 0.717) is 32.1 Å². The van der Waals surface area contributed by atoms with Gasteiger partial charge in [-0.15, -0.1) is 0 Å². The van der Waals surface area contributed by atoms with Crippen LogP contribution in [-0.4, -0.2) is 6.17 Å². The molecule has 2 aromatic carbocycles. The second-order valence-electron chi connectivity index (χ2n) is 7.57. The van der Waals surface area contributed by atoms with Crippen molar-refractivity contribution in [3.63, 3.8) is 0 Å². The van der Waals surface area contributed by atoms with Crippen molar-refractivity contribution in [2.75, 3.05) is 0 Å². The van der Waals surface area contributed by atoms with Crippen LogP contribution in [0.3, 0.4) is 0 Å². The van der Waals surface area contributed by atoms with Crippen molar-refractivity contribution in [1.29, 1.82) is 0 Å². The third-order valence-electron chi connectivity index (χ3n) is 5.37. The van der Waals surface area contributed by atoms with Crippen molar-refractivity contribution in [1.82, 2.24) is 0 Å². The smallest absolute Gasteiger partial charge is 0.174 e. The summed E-state index contributed by atoms with van der Waals surface area (Å²) in [7, 11) is 0. The van der Waals surface area contributed by atoms with Crippen LogP contribution in [0.2, 0.25) is 0 Å². The number of benzene rings is 2. The fourth-order valence-corrected chi connectivity index (χ4v) is 3.66. The van der Waals surface area contributed by atoms with Crippen molar-refractivity contribution in [3.05, 3.63) is 75.9 Å². The zero-order valence-electron chi connectivity index (χ0n) is 16.8. The van der Waals surface area contributed by atoms with Gasteiger partial charge in [-0.3, -0.25) is 0 Å². The molecule has 0 aliphatic heterocycles. The summed E-state index contributed by atoms with van der Waals surface area (Å²) in [6.45, 7) is 1.96. The van der Waals surface area contributed by atoms with Gasteiger partial charge in [0.05, 0.1) is 5.56 Å². The Bertz CT molecular complexity index is 966. The average Bonchev–Trinajstić information content (AvgIpc) is 2.72. The van der Waals surface area contributed by atoms with Crippen molar-refractivity contribution in [2.45, 2.75) is 57.5 Å². The first-order chi connectivity index (χ1) is 14.4. The van der Waals surface area contributed by atoms with Crippen LogP contribution < -0.4 is 0 Å². The molecule has 30 heavy (non-hydrogen) atoms. The molecular weight excluding hydrogens is 395 g/mol. The Hall–Kier alpha value is -2.61. The fraction of sp³-hybridized carbons (Fsp3) is 0.360. The maximum atomic E-state index is 14.5. The van der Waals surface area contributed by atoms with Gasteiger partial charge in [0.15, 0.2) is 11.6 Å². The van der Waals surface area contributed by atoms with Gasteiger partial charge in [-0.1, -0.05) is 43.4 Å². The van der Waals surface area contributed by atoms with E-state index in [2.05, 4.69) is 11.8 Å². The molecule has 0 atom stereocenters. The van der Waals surface area contributed by atoms with E-state index < -0.39 is 29.4 Å². The van der Waals surface area contributed by atoms with E-state index in [1.807, 2.05) is 6.92 Å². The number of alkyl halides is 1. The van der Waals surface area contributed by atoms with Gasteiger partial charge in [0.25, 0.3) is 0 Å². The van der Waals surface area contributed by atoms with Crippen LogP contribution in [0.25, 0.3) is 6.08 Å². The number of hydrogen-bond acceptors (Lipinski definition) is 0. The van der Waals surface area contributed by atoms with E-state index in [0.717, 1.165) is 18.6 Å². The Morgan fingerprint density at radius 3 is 2.23 bits per heavy atom. The van der Waals surface area contributed by atoms with E-state index in [-0.39, 0.29) is 28.2 Å². The highest BCUT2D eigenvalue weighted by Gasteiger charge is 2.25. The standard InChI is InChI=1S/C25H23F5/c1-2-3-4-5-21-22(27)14-16(15-23(21)28)6-7-18-10-13-20(25(30)24(18)29)17-8-11-19(26)12-9-17/h4-5,10,13-15,17,19H,2-3,8-9,11-12H2,1H3/b5-4+. The van der Waals surface area contributed by atoms with E-state index in [1.54, 1.807) is 6.08 Å². The minimum Gasteiger partial charge on any atom is -0.247 e. The van der Waals surface area contributed by atoms with Crippen molar-refractivity contribution in [3.8, 4) is 11.8 Å². The lowest BCUT2D eigenvalue weighted by Crippen LogP contribution is -2.15. The Morgan fingerprint density at radius 2 is 1.60 bits per heavy atom. The molecule has 0 N–H and O–H groups in total. The minimum absolute atomic E-state index is 0.0304. The SMILES string of the molecule is CCC/C=C/c1c(F)cc(C#Cc2ccc(C3CCC(F)CC3)c(F)c2F)cc1F. The van der Waals surface area contributed by atoms with Crippen molar-refractivity contribution < 1.29 is 22.0 Å². The molecule has 1 aliphatic carbocycles. The number of halogens is 5. The maximum Gasteiger partial charge on any atom is 0.174 e. The molecule has 3 rings (SSSR count). The first kappa shape index (κ1) is 22.1. The Labute approximate surface area is 173 Å². The summed E-state index contributed by atoms with van der Waals surface area (Å²) in [5.74, 6) is 1.12. The third kappa shape index (κ3) is 5.11. The van der Waals surface area contributed by atoms with E-state index in [1.165, 1.54) is 18.2 Å². The van der Waals surface area contributed by atoms with Gasteiger partial charge in [0.1, 0.15) is 17.8 Å². The first-order valence-electron chi connectivity index (χ1n) is 10.2. The summed E-state index contributed by atoms with van der Waals surface area (Å²) in [4.78, 5) is 0. The highest BCUT2D eigenvalue weighted by molar-refractivity contribution is 5.54. The molecule has 0 amide bonds. The Kier molecular flexibility index (Phi) is 7.31. The molecule has 2 aromatic rings. The predicted octanol–water partition coefficient (Wildman–Crippen LogP) is 7.45. The van der Waals surface area contributed by atoms with Crippen LogP contribution in [0.15, 0.2) is 30.3 Å². The Morgan fingerprint density at radius 1 is 0.933 bits per heavy atom. The molecule has 0 saturated heterocycles. The number of unbranched alkanes of at least 4 members (excludes halogenated alkanes) is 1. The van der Waals surface area contributed by atoms with Gasteiger partial charge in [-0.2, -0.15) is 0 Å². The normalized spacial score (nSPS) is 19.0. The number of rotatable bonds is 4. The molecule has 1 aliphatic rings. The zero-order chi connectivity index (χ0) is 21.7. The molecular formula is C25H23F5. The first-order valence-corrected chi connectivity index (χ1v) is 10.2. The largest absolute Gasteiger partial charge is 0.247 e. The maximum absolute atomic E-state index is 14.5. The van der Waals surface area contributed by atoms with Crippen molar-refractivity contribution >= 4 is 6.08 Å². The summed E-state index contributed by atoms with van der Waals surface area (Å²) in [5, 5.41) is 0. The quantitative estimate of drug-likeness (QED) is 0.357. The lowest BCUT2D eigenvalue weighted by Gasteiger charge is -2.25. The van der Waals surface area contributed by atoms with E-state index in [9.17, 15) is 22.0 Å². The summed E-state index contributed by atoms with van der Waals surface area (Å²) in [5.41, 5.74) is -0.0882. The molecule has 0 heterocycles. The summed E-state index contributed by atoms with van der Waals surface area (Å²) in [6, 6.07) is 4.96. The minimum atomic E-state index is -1.09. The van der Waals surface area contributed by atoms with Crippen LogP contribution in [0.1, 0.15) is 73.6 Å². The summed E-state index contributed by atoms with van der Waals surface area (Å²) >= 11 is 0. The highest BCUT2D eigenvalue weighted by Crippen LogP contribution is 2.36. The molecule has 0 radical (unpaired) electrons. The summed E-state index contributed by atoms with van der Waals surface area (Å²) in [6.07, 6.45) is 5.39. The van der Waals surface area contributed by atoms with Gasteiger partial charge >= 0.3 is 0 Å². The molecule has 0 nitrogen and oxygen atoms in total. The van der Waals surface area contributed by atoms with E-state index in [4.69, 9.17) is 0 Å². The lowest BCUT2D eigenvalue weighted by atomic mass is 9.82. The molecule has 0 bridgehead atoms. The zero-order valence-corrected chi connectivity index (χ0v) is 16.8. The highest BCUT2D eigenvalue weighted by atomic mass is 19.2. The molecule has 0 spiro atoms. The van der Waals surface area contributed by atoms with Crippen LogP contribution in [0.5, 0.6) is 0 Å². The molecule has 0 unspecified atom stereocenters. The molecule has 5 heteroatoms. The average molecular weight is 418 g/mol. The second kappa shape index (κ2) is 9.93. The van der Waals surface area contributed by atoms with Gasteiger partial charge in [0, 0.05) is 11.1 Å². The van der Waals surface area contributed by atoms with Crippen LogP contribution in [0, 0.1) is 35.1 Å². The number of allylic oxidation sites excluding steroid dienone is 1. The third-order valence-corrected chi connectivity index (χ3v) is 5.37. The van der Waals surface area contributed by atoms with Gasteiger partial charge in [-0.05, 0) is 61.8 Å². The fourth-order valence-electron chi connectivity index (χ4n) is 3.66. The number of hydrogen-bond donors (Lipinski definition) is 0. The van der Waals surface area contributed by atoms with Gasteiger partial charge < -0.3 is 0 Å². The van der Waals surface area contributed by atoms with E-state index >= 15 is 0 Å². The Balaban J connectivity index is 1.83. The van der Waals surface area contributed by atoms with Gasteiger partial charge in [-0.25, -0.2) is 22.0 Å². The monoisotopic (exact) mass is 418 g/mol. The van der Waals surface area contributed by atoms with Gasteiger partial charge in [0.2, 0.25) is 0 Å². The van der Waals surface area contributed by atoms with Crippen molar-refractivity contribution in [2.24, 2.45) is 0 Å². The topological polar surface area (TPSA) is 0 Å². The van der Waals surface area contributed by atoms with Crippen LogP contribution in [0.4, 0.5) is 22.0 Å². The predicted molar refractivity (Wildman–Crippen MR) is 109 cm³/mol. The summed E-state index contributed by atoms with van der Waals surface area (Å²) < 4.78 is 70.7. The lowest BCUT2D eigenvalue weighted by molar-refractivity contribution is 0.233. The molecule has 158 valence electrons. The van der Waals surface area contributed by atoms with Crippen LogP contribution >= 0.6 is 0 Å². The molecule has 1 saturated carbocycles.